The summed E-state index contributed by atoms with van der Waals surface area (Å²) in [5.74, 6) is 0.0590. The number of benzene rings is 2. The molecule has 2 aromatic carbocycles. The second-order valence-electron chi connectivity index (χ2n) is 8.93. The number of unbranched alkanes of at least 4 members (excludes halogenated alkanes) is 6. The Labute approximate surface area is 195 Å². The van der Waals surface area contributed by atoms with Gasteiger partial charge < -0.3 is 9.84 Å². The third-order valence-corrected chi connectivity index (χ3v) is 6.29. The van der Waals surface area contributed by atoms with Crippen molar-refractivity contribution in [3.05, 3.63) is 65.7 Å². The summed E-state index contributed by atoms with van der Waals surface area (Å²) in [4.78, 5) is 12.7. The molecule has 0 aliphatic carbocycles. The van der Waals surface area contributed by atoms with E-state index < -0.39 is 5.97 Å². The summed E-state index contributed by atoms with van der Waals surface area (Å²) < 4.78 is 5.88. The molecular weight excluding hydrogens is 396 g/mol. The molecular formula is C29H42O3. The highest BCUT2D eigenvalue weighted by Gasteiger charge is 2.20. The lowest BCUT2D eigenvalue weighted by Crippen LogP contribution is -2.19. The van der Waals surface area contributed by atoms with Crippen molar-refractivity contribution in [3.8, 4) is 5.75 Å². The van der Waals surface area contributed by atoms with E-state index in [1.807, 2.05) is 0 Å². The molecule has 0 spiro atoms. The Kier molecular flexibility index (Phi) is 12.6. The molecule has 32 heavy (non-hydrogen) atoms. The van der Waals surface area contributed by atoms with Crippen molar-refractivity contribution >= 4 is 5.97 Å². The first-order valence-corrected chi connectivity index (χ1v) is 12.7. The second kappa shape index (κ2) is 15.5. The molecule has 0 bridgehead atoms. The van der Waals surface area contributed by atoms with E-state index in [9.17, 15) is 9.90 Å². The van der Waals surface area contributed by atoms with E-state index in [1.54, 1.807) is 18.2 Å². The predicted octanol–water partition coefficient (Wildman–Crippen LogP) is 8.42. The number of rotatable bonds is 16. The standard InChI is InChI=1S/C29H42O3/c1-3-5-7-8-9-11-18-25(24-16-12-10-13-17-24)22-23-26(19-6-4-2)32-29(31)27-20-14-15-21-28(27)30/h10,12-17,20-21,25-26,30H,3-9,11,18-19,22-23H2,1-2H3. The Morgan fingerprint density at radius 3 is 2.12 bits per heavy atom. The fraction of sp³-hybridized carbons (Fsp3) is 0.552. The number of hydrogen-bond acceptors (Lipinski definition) is 3. The Morgan fingerprint density at radius 2 is 1.41 bits per heavy atom. The zero-order chi connectivity index (χ0) is 23.0. The topological polar surface area (TPSA) is 46.5 Å². The third kappa shape index (κ3) is 9.46. The third-order valence-electron chi connectivity index (χ3n) is 6.29. The minimum absolute atomic E-state index is 0.0167. The molecule has 2 unspecified atom stereocenters. The normalized spacial score (nSPS) is 12.9. The molecule has 2 rings (SSSR count). The molecule has 3 heteroatoms. The number of esters is 1. The zero-order valence-electron chi connectivity index (χ0n) is 20.1. The van der Waals surface area contributed by atoms with Crippen LogP contribution in [0.1, 0.15) is 113 Å². The van der Waals surface area contributed by atoms with Crippen LogP contribution >= 0.6 is 0 Å². The van der Waals surface area contributed by atoms with Crippen molar-refractivity contribution in [2.45, 2.75) is 103 Å². The summed E-state index contributed by atoms with van der Waals surface area (Å²) in [6.45, 7) is 4.42. The average molecular weight is 439 g/mol. The first kappa shape index (κ1) is 26.0. The number of carbonyl (C=O) groups excluding carboxylic acids is 1. The van der Waals surface area contributed by atoms with E-state index in [-0.39, 0.29) is 17.4 Å². The average Bonchev–Trinajstić information content (AvgIpc) is 2.82. The van der Waals surface area contributed by atoms with Crippen LogP contribution in [-0.4, -0.2) is 17.2 Å². The van der Waals surface area contributed by atoms with Gasteiger partial charge in [-0.1, -0.05) is 108 Å². The summed E-state index contributed by atoms with van der Waals surface area (Å²) in [6.07, 6.45) is 13.8. The van der Waals surface area contributed by atoms with Gasteiger partial charge in [0.2, 0.25) is 0 Å². The van der Waals surface area contributed by atoms with E-state index in [0.29, 0.717) is 5.92 Å². The molecule has 0 fully saturated rings. The summed E-state index contributed by atoms with van der Waals surface area (Å²) in [7, 11) is 0. The number of phenolic OH excluding ortho intramolecular Hbond substituents is 1. The fourth-order valence-corrected chi connectivity index (χ4v) is 4.32. The van der Waals surface area contributed by atoms with Crippen molar-refractivity contribution in [2.75, 3.05) is 0 Å². The van der Waals surface area contributed by atoms with Crippen LogP contribution in [0.4, 0.5) is 0 Å². The quantitative estimate of drug-likeness (QED) is 0.211. The Hall–Kier alpha value is -2.29. The van der Waals surface area contributed by atoms with Gasteiger partial charge in [0.15, 0.2) is 0 Å². The highest BCUT2D eigenvalue weighted by Crippen LogP contribution is 2.30. The van der Waals surface area contributed by atoms with Gasteiger partial charge in [-0.05, 0) is 49.3 Å². The second-order valence-corrected chi connectivity index (χ2v) is 8.93. The summed E-state index contributed by atoms with van der Waals surface area (Å²) in [6, 6.07) is 17.4. The van der Waals surface area contributed by atoms with Gasteiger partial charge >= 0.3 is 5.97 Å². The fourth-order valence-electron chi connectivity index (χ4n) is 4.32. The van der Waals surface area contributed by atoms with Crippen LogP contribution in [0.5, 0.6) is 5.75 Å². The molecule has 1 N–H and O–H groups in total. The first-order valence-electron chi connectivity index (χ1n) is 12.7. The molecule has 0 aliphatic heterocycles. The number of aromatic hydroxyl groups is 1. The highest BCUT2D eigenvalue weighted by molar-refractivity contribution is 5.92. The van der Waals surface area contributed by atoms with Gasteiger partial charge in [0, 0.05) is 0 Å². The molecule has 0 saturated heterocycles. The molecule has 2 atom stereocenters. The number of para-hydroxylation sites is 1. The van der Waals surface area contributed by atoms with Gasteiger partial charge in [-0.15, -0.1) is 0 Å². The van der Waals surface area contributed by atoms with Crippen LogP contribution in [0.3, 0.4) is 0 Å². The molecule has 0 heterocycles. The maximum Gasteiger partial charge on any atom is 0.342 e. The monoisotopic (exact) mass is 438 g/mol. The molecule has 0 amide bonds. The number of hydrogen-bond donors (Lipinski definition) is 1. The summed E-state index contributed by atoms with van der Waals surface area (Å²) >= 11 is 0. The van der Waals surface area contributed by atoms with E-state index in [1.165, 1.54) is 56.6 Å². The van der Waals surface area contributed by atoms with Gasteiger partial charge in [-0.2, -0.15) is 0 Å². The maximum absolute atomic E-state index is 12.7. The van der Waals surface area contributed by atoms with Crippen LogP contribution in [0.25, 0.3) is 0 Å². The van der Waals surface area contributed by atoms with Crippen molar-refractivity contribution in [3.63, 3.8) is 0 Å². The van der Waals surface area contributed by atoms with E-state index in [4.69, 9.17) is 4.74 Å². The smallest absolute Gasteiger partial charge is 0.342 e. The number of phenols is 1. The molecule has 176 valence electrons. The van der Waals surface area contributed by atoms with Crippen LogP contribution in [-0.2, 0) is 4.74 Å². The molecule has 0 saturated carbocycles. The van der Waals surface area contributed by atoms with Crippen molar-refractivity contribution < 1.29 is 14.6 Å². The lowest BCUT2D eigenvalue weighted by molar-refractivity contribution is 0.0243. The van der Waals surface area contributed by atoms with Gasteiger partial charge in [-0.3, -0.25) is 0 Å². The van der Waals surface area contributed by atoms with Crippen molar-refractivity contribution in [2.24, 2.45) is 0 Å². The Balaban J connectivity index is 1.96. The SMILES string of the molecule is CCCCCCCCC(CCC(CCCC)OC(=O)c1ccccc1O)c1ccccc1. The predicted molar refractivity (Wildman–Crippen MR) is 133 cm³/mol. The lowest BCUT2D eigenvalue weighted by Gasteiger charge is -2.22. The minimum atomic E-state index is -0.420. The Morgan fingerprint density at radius 1 is 0.750 bits per heavy atom. The molecule has 0 aromatic heterocycles. The zero-order valence-corrected chi connectivity index (χ0v) is 20.1. The van der Waals surface area contributed by atoms with Gasteiger partial charge in [0.1, 0.15) is 17.4 Å². The molecule has 2 aromatic rings. The lowest BCUT2D eigenvalue weighted by atomic mass is 9.87. The van der Waals surface area contributed by atoms with Crippen LogP contribution in [0.2, 0.25) is 0 Å². The first-order chi connectivity index (χ1) is 15.7. The van der Waals surface area contributed by atoms with Crippen LogP contribution < -0.4 is 0 Å². The molecule has 3 nitrogen and oxygen atoms in total. The van der Waals surface area contributed by atoms with Crippen LogP contribution in [0, 0.1) is 0 Å². The highest BCUT2D eigenvalue weighted by atomic mass is 16.5. The summed E-state index contributed by atoms with van der Waals surface area (Å²) in [5.41, 5.74) is 1.64. The molecule has 0 aliphatic rings. The number of carbonyl (C=O) groups is 1. The largest absolute Gasteiger partial charge is 0.507 e. The van der Waals surface area contributed by atoms with Gasteiger partial charge in [-0.25, -0.2) is 4.79 Å². The van der Waals surface area contributed by atoms with Crippen molar-refractivity contribution in [1.29, 1.82) is 0 Å². The Bertz CT molecular complexity index is 756. The van der Waals surface area contributed by atoms with Crippen LogP contribution in [0.15, 0.2) is 54.6 Å². The molecule has 0 radical (unpaired) electrons. The van der Waals surface area contributed by atoms with Gasteiger partial charge in [0.05, 0.1) is 0 Å². The maximum atomic E-state index is 12.7. The van der Waals surface area contributed by atoms with Gasteiger partial charge in [0.25, 0.3) is 0 Å². The van der Waals surface area contributed by atoms with Crippen molar-refractivity contribution in [1.82, 2.24) is 0 Å². The van der Waals surface area contributed by atoms with E-state index >= 15 is 0 Å². The summed E-state index contributed by atoms with van der Waals surface area (Å²) in [5, 5.41) is 10.0. The number of ether oxygens (including phenoxy) is 1. The van der Waals surface area contributed by atoms with E-state index in [0.717, 1.165) is 32.1 Å². The van der Waals surface area contributed by atoms with E-state index in [2.05, 4.69) is 44.2 Å². The minimum Gasteiger partial charge on any atom is -0.507 e.